The van der Waals surface area contributed by atoms with E-state index in [9.17, 15) is 5.26 Å². The van der Waals surface area contributed by atoms with Gasteiger partial charge in [0.1, 0.15) is 24.2 Å². The molecule has 6 nitrogen and oxygen atoms in total. The molecule has 1 N–H and O–H groups in total. The maximum atomic E-state index is 9.43. The van der Waals surface area contributed by atoms with Crippen LogP contribution in [0.1, 0.15) is 30.0 Å². The molecule has 0 saturated heterocycles. The van der Waals surface area contributed by atoms with Gasteiger partial charge in [0.25, 0.3) is 5.89 Å². The SMILES string of the molecule is C[C@H](Nc1oc(-c2ccc(COc3ccc(Br)cc3)o2)nc1C#N)c1ccccc1. The normalized spacial score (nSPS) is 11.6. The Morgan fingerprint density at radius 1 is 1.07 bits per heavy atom. The molecule has 0 radical (unpaired) electrons. The van der Waals surface area contributed by atoms with Gasteiger partial charge in [-0.25, -0.2) is 0 Å². The maximum Gasteiger partial charge on any atom is 0.266 e. The van der Waals surface area contributed by atoms with Crippen molar-refractivity contribution in [2.24, 2.45) is 0 Å². The molecule has 0 amide bonds. The number of halogens is 1. The summed E-state index contributed by atoms with van der Waals surface area (Å²) >= 11 is 3.39. The van der Waals surface area contributed by atoms with E-state index < -0.39 is 0 Å². The summed E-state index contributed by atoms with van der Waals surface area (Å²) in [7, 11) is 0. The summed E-state index contributed by atoms with van der Waals surface area (Å²) in [5.74, 6) is 2.34. The highest BCUT2D eigenvalue weighted by Gasteiger charge is 2.19. The lowest BCUT2D eigenvalue weighted by atomic mass is 10.1. The molecule has 1 atom stereocenters. The van der Waals surface area contributed by atoms with Gasteiger partial charge >= 0.3 is 0 Å². The molecule has 4 rings (SSSR count). The van der Waals surface area contributed by atoms with E-state index in [-0.39, 0.29) is 24.2 Å². The fraction of sp³-hybridized carbons (Fsp3) is 0.130. The molecular weight excluding hydrogens is 446 g/mol. The fourth-order valence-electron chi connectivity index (χ4n) is 2.88. The highest BCUT2D eigenvalue weighted by molar-refractivity contribution is 9.10. The molecule has 0 saturated carbocycles. The topological polar surface area (TPSA) is 84.2 Å². The molecule has 150 valence electrons. The van der Waals surface area contributed by atoms with Crippen LogP contribution in [0.3, 0.4) is 0 Å². The van der Waals surface area contributed by atoms with Crippen molar-refractivity contribution in [2.75, 3.05) is 5.32 Å². The summed E-state index contributed by atoms with van der Waals surface area (Å²) in [6.45, 7) is 2.26. The van der Waals surface area contributed by atoms with Crippen molar-refractivity contribution in [1.29, 1.82) is 5.26 Å². The summed E-state index contributed by atoms with van der Waals surface area (Å²) < 4.78 is 18.3. The van der Waals surface area contributed by atoms with E-state index in [0.717, 1.165) is 15.8 Å². The van der Waals surface area contributed by atoms with Crippen LogP contribution in [0.4, 0.5) is 5.88 Å². The smallest absolute Gasteiger partial charge is 0.266 e. The van der Waals surface area contributed by atoms with Gasteiger partial charge in [-0.1, -0.05) is 46.3 Å². The Morgan fingerprint density at radius 2 is 1.83 bits per heavy atom. The first-order valence-corrected chi connectivity index (χ1v) is 10.1. The Morgan fingerprint density at radius 3 is 2.57 bits per heavy atom. The number of nitrogens with zero attached hydrogens (tertiary/aromatic N) is 2. The molecular formula is C23H18BrN3O3. The molecule has 4 aromatic rings. The third-order valence-electron chi connectivity index (χ3n) is 4.45. The van der Waals surface area contributed by atoms with E-state index in [1.165, 1.54) is 0 Å². The Kier molecular flexibility index (Phi) is 5.87. The summed E-state index contributed by atoms with van der Waals surface area (Å²) in [6.07, 6.45) is 0. The van der Waals surface area contributed by atoms with Crippen LogP contribution in [0.5, 0.6) is 5.75 Å². The molecule has 0 unspecified atom stereocenters. The largest absolute Gasteiger partial charge is 0.486 e. The van der Waals surface area contributed by atoms with Crippen LogP contribution in [0, 0.1) is 11.3 Å². The van der Waals surface area contributed by atoms with Gasteiger partial charge in [0.05, 0.1) is 6.04 Å². The van der Waals surface area contributed by atoms with Gasteiger partial charge in [0.2, 0.25) is 11.6 Å². The Balaban J connectivity index is 1.47. The van der Waals surface area contributed by atoms with E-state index in [4.69, 9.17) is 13.6 Å². The van der Waals surface area contributed by atoms with Gasteiger partial charge < -0.3 is 18.9 Å². The van der Waals surface area contributed by atoms with Crippen molar-refractivity contribution < 1.29 is 13.6 Å². The number of nitrogens with one attached hydrogen (secondary N) is 1. The lowest BCUT2D eigenvalue weighted by molar-refractivity contribution is 0.271. The number of rotatable bonds is 7. The number of nitriles is 1. The summed E-state index contributed by atoms with van der Waals surface area (Å²) in [5.41, 5.74) is 1.25. The second kappa shape index (κ2) is 8.89. The third-order valence-corrected chi connectivity index (χ3v) is 4.98. The van der Waals surface area contributed by atoms with Gasteiger partial charge in [-0.05, 0) is 48.9 Å². The summed E-state index contributed by atoms with van der Waals surface area (Å²) in [6, 6.07) is 23.0. The molecule has 2 aromatic heterocycles. The van der Waals surface area contributed by atoms with E-state index in [1.807, 2.05) is 61.5 Å². The molecule has 0 aliphatic rings. The zero-order valence-electron chi connectivity index (χ0n) is 16.1. The quantitative estimate of drug-likeness (QED) is 0.345. The van der Waals surface area contributed by atoms with Gasteiger partial charge in [-0.15, -0.1) is 0 Å². The van der Waals surface area contributed by atoms with Gasteiger partial charge in [0, 0.05) is 4.47 Å². The van der Waals surface area contributed by atoms with Crippen LogP contribution in [-0.4, -0.2) is 4.98 Å². The lowest BCUT2D eigenvalue weighted by Gasteiger charge is -2.12. The van der Waals surface area contributed by atoms with Crippen molar-refractivity contribution in [3.8, 4) is 23.5 Å². The molecule has 0 bridgehead atoms. The van der Waals surface area contributed by atoms with Crippen molar-refractivity contribution in [1.82, 2.24) is 4.98 Å². The Hall–Kier alpha value is -3.50. The van der Waals surface area contributed by atoms with Crippen LogP contribution in [0.2, 0.25) is 0 Å². The molecule has 2 aromatic carbocycles. The van der Waals surface area contributed by atoms with Crippen LogP contribution in [-0.2, 0) is 6.61 Å². The van der Waals surface area contributed by atoms with Crippen molar-refractivity contribution in [2.45, 2.75) is 19.6 Å². The Labute approximate surface area is 182 Å². The van der Waals surface area contributed by atoms with Crippen LogP contribution >= 0.6 is 15.9 Å². The molecule has 0 fully saturated rings. The van der Waals surface area contributed by atoms with E-state index in [1.54, 1.807) is 12.1 Å². The zero-order chi connectivity index (χ0) is 20.9. The first kappa shape index (κ1) is 19.8. The van der Waals surface area contributed by atoms with Gasteiger partial charge in [-0.2, -0.15) is 10.2 Å². The molecule has 2 heterocycles. The predicted octanol–water partition coefficient (Wildman–Crippen LogP) is 6.32. The van der Waals surface area contributed by atoms with E-state index in [2.05, 4.69) is 32.3 Å². The number of hydrogen-bond acceptors (Lipinski definition) is 6. The first-order valence-electron chi connectivity index (χ1n) is 9.32. The first-order chi connectivity index (χ1) is 14.6. The summed E-state index contributed by atoms with van der Waals surface area (Å²) in [4.78, 5) is 4.26. The average molecular weight is 464 g/mol. The van der Waals surface area contributed by atoms with Gasteiger partial charge in [0.15, 0.2) is 5.76 Å². The number of furan rings is 1. The third kappa shape index (κ3) is 4.56. The molecule has 30 heavy (non-hydrogen) atoms. The minimum absolute atomic E-state index is 0.0504. The number of benzene rings is 2. The van der Waals surface area contributed by atoms with E-state index >= 15 is 0 Å². The van der Waals surface area contributed by atoms with Gasteiger partial charge in [-0.3, -0.25) is 0 Å². The fourth-order valence-corrected chi connectivity index (χ4v) is 3.14. The van der Waals surface area contributed by atoms with Crippen LogP contribution in [0.15, 0.2) is 80.0 Å². The highest BCUT2D eigenvalue weighted by atomic mass is 79.9. The van der Waals surface area contributed by atoms with Crippen molar-refractivity contribution in [3.63, 3.8) is 0 Å². The number of aromatic nitrogens is 1. The van der Waals surface area contributed by atoms with E-state index in [0.29, 0.717) is 17.4 Å². The number of hydrogen-bond donors (Lipinski definition) is 1. The standard InChI is InChI=1S/C23H18BrN3O3/c1-15(16-5-3-2-4-6-16)26-22-20(13-25)27-23(30-22)21-12-11-19(29-21)14-28-18-9-7-17(24)8-10-18/h2-12,15,26H,14H2,1H3/t15-/m0/s1. The maximum absolute atomic E-state index is 9.43. The minimum atomic E-state index is -0.0504. The van der Waals surface area contributed by atoms with Crippen LogP contribution in [0.25, 0.3) is 11.7 Å². The summed E-state index contributed by atoms with van der Waals surface area (Å²) in [5, 5.41) is 12.6. The molecule has 0 aliphatic carbocycles. The number of anilines is 1. The van der Waals surface area contributed by atoms with Crippen molar-refractivity contribution in [3.05, 3.63) is 88.2 Å². The van der Waals surface area contributed by atoms with Crippen LogP contribution < -0.4 is 10.1 Å². The molecule has 0 spiro atoms. The second-order valence-electron chi connectivity index (χ2n) is 6.59. The van der Waals surface area contributed by atoms with Crippen molar-refractivity contribution >= 4 is 21.8 Å². The second-order valence-corrected chi connectivity index (χ2v) is 7.51. The average Bonchev–Trinajstić information content (AvgIpc) is 3.41. The predicted molar refractivity (Wildman–Crippen MR) is 116 cm³/mol. The number of oxazole rings is 1. The zero-order valence-corrected chi connectivity index (χ0v) is 17.7. The lowest BCUT2D eigenvalue weighted by Crippen LogP contribution is -2.06. The minimum Gasteiger partial charge on any atom is -0.486 e. The monoisotopic (exact) mass is 463 g/mol. The molecule has 7 heteroatoms. The highest BCUT2D eigenvalue weighted by Crippen LogP contribution is 2.29. The number of ether oxygens (including phenoxy) is 1. The molecule has 0 aliphatic heterocycles. The Bertz CT molecular complexity index is 1160.